The van der Waals surface area contributed by atoms with Crippen molar-refractivity contribution in [2.75, 3.05) is 52.4 Å². The van der Waals surface area contributed by atoms with Gasteiger partial charge in [-0.25, -0.2) is 19.2 Å². The smallest absolute Gasteiger partial charge is 0.329 e. The fourth-order valence-corrected chi connectivity index (χ4v) is 11.6. The maximum Gasteiger partial charge on any atom is 0.329 e. The Balaban J connectivity index is 0.849. The van der Waals surface area contributed by atoms with Crippen LogP contribution in [0.15, 0.2) is 244 Å². The number of amides is 6. The molecule has 0 bridgehead atoms. The Kier molecular flexibility index (Phi) is 30.0. The van der Waals surface area contributed by atoms with Crippen molar-refractivity contribution in [3.63, 3.8) is 0 Å². The van der Waals surface area contributed by atoms with E-state index in [1.807, 2.05) is 121 Å². The number of hydrogen-bond acceptors (Lipinski definition) is 14. The van der Waals surface area contributed by atoms with E-state index in [9.17, 15) is 47.9 Å². The van der Waals surface area contributed by atoms with Crippen LogP contribution in [-0.2, 0) is 83.7 Å². The molecule has 6 amide bonds. The van der Waals surface area contributed by atoms with Crippen molar-refractivity contribution in [3.05, 3.63) is 277 Å². The third-order valence-electron chi connectivity index (χ3n) is 17.3. The summed E-state index contributed by atoms with van der Waals surface area (Å²) in [5.41, 5.74) is 3.58. The van der Waals surface area contributed by atoms with E-state index in [1.54, 1.807) is 116 Å². The molecule has 0 aliphatic rings. The Bertz CT molecular complexity index is 3620. The fourth-order valence-electron chi connectivity index (χ4n) is 11.6. The summed E-state index contributed by atoms with van der Waals surface area (Å²) in [5, 5.41) is 11.5. The van der Waals surface area contributed by atoms with Crippen molar-refractivity contribution in [1.29, 1.82) is 0 Å². The molecule has 4 heterocycles. The molecule has 9 rings (SSSR count). The molecule has 24 nitrogen and oxygen atoms in total. The second-order valence-electron chi connectivity index (χ2n) is 24.7. The average molecular weight is 1410 g/mol. The topological polar surface area (TPSA) is 282 Å². The van der Waals surface area contributed by atoms with E-state index in [2.05, 4.69) is 21.3 Å². The molecule has 4 atom stereocenters. The number of benzene rings is 5. The highest BCUT2D eigenvalue weighted by Gasteiger charge is 2.28. The quantitative estimate of drug-likeness (QED) is 0.0205. The average Bonchev–Trinajstić information content (AvgIpc) is 1.79. The van der Waals surface area contributed by atoms with Crippen LogP contribution >= 0.6 is 0 Å². The molecular weight excluding hydrogens is 1320 g/mol. The molecule has 0 fully saturated rings. The van der Waals surface area contributed by atoms with Gasteiger partial charge in [-0.2, -0.15) is 0 Å². The summed E-state index contributed by atoms with van der Waals surface area (Å²) in [6, 6.07) is 53.9. The summed E-state index contributed by atoms with van der Waals surface area (Å²) in [6.07, 6.45) is 14.0. The van der Waals surface area contributed by atoms with E-state index >= 15 is 0 Å². The van der Waals surface area contributed by atoms with Crippen LogP contribution in [0.2, 0.25) is 0 Å². The first-order chi connectivity index (χ1) is 50.7. The predicted octanol–water partition coefficient (Wildman–Crippen LogP) is 9.30. The fraction of sp³-hybridized carbons (Fsp3) is 0.300. The molecule has 24 heteroatoms. The second kappa shape index (κ2) is 41.0. The van der Waals surface area contributed by atoms with Crippen LogP contribution < -0.4 is 21.3 Å². The van der Waals surface area contributed by atoms with Crippen LogP contribution in [0, 0.1) is 0 Å². The van der Waals surface area contributed by atoms with E-state index in [0.29, 0.717) is 0 Å². The Morgan fingerprint density at radius 1 is 0.279 bits per heavy atom. The third-order valence-corrected chi connectivity index (χ3v) is 17.3. The van der Waals surface area contributed by atoms with Crippen LogP contribution in [0.1, 0.15) is 119 Å². The summed E-state index contributed by atoms with van der Waals surface area (Å²) in [7, 11) is 0. The molecule has 104 heavy (non-hydrogen) atoms. The molecule has 0 aliphatic heterocycles. The van der Waals surface area contributed by atoms with Crippen molar-refractivity contribution in [1.82, 2.24) is 49.3 Å². The molecule has 4 N–H and O–H groups in total. The van der Waals surface area contributed by atoms with Gasteiger partial charge in [0.05, 0.1) is 0 Å². The van der Waals surface area contributed by atoms with Crippen LogP contribution in [0.4, 0.5) is 0 Å². The lowest BCUT2D eigenvalue weighted by molar-refractivity contribution is -0.150. The molecule has 4 aromatic heterocycles. The van der Waals surface area contributed by atoms with Gasteiger partial charge in [0.2, 0.25) is 23.6 Å². The lowest BCUT2D eigenvalue weighted by atomic mass is 10.1. The highest BCUT2D eigenvalue weighted by molar-refractivity contribution is 5.98. The van der Waals surface area contributed by atoms with Gasteiger partial charge in [-0.3, -0.25) is 28.8 Å². The minimum atomic E-state index is -0.797. The Morgan fingerprint density at radius 2 is 0.481 bits per heavy atom. The minimum absolute atomic E-state index is 0.0164. The van der Waals surface area contributed by atoms with Gasteiger partial charge in [-0.05, 0) is 121 Å². The van der Waals surface area contributed by atoms with Crippen molar-refractivity contribution < 1.29 is 66.9 Å². The zero-order chi connectivity index (χ0) is 73.1. The predicted molar refractivity (Wildman–Crippen MR) is 386 cm³/mol. The summed E-state index contributed by atoms with van der Waals surface area (Å²) in [5.74, 6) is -4.58. The van der Waals surface area contributed by atoms with Gasteiger partial charge in [-0.1, -0.05) is 121 Å². The summed E-state index contributed by atoms with van der Waals surface area (Å²) < 4.78 is 29.4. The number of esters is 4. The van der Waals surface area contributed by atoms with Crippen molar-refractivity contribution in [3.8, 4) is 0 Å². The number of carbonyl (C=O) groups is 10. The Hall–Kier alpha value is -12.1. The maximum absolute atomic E-state index is 14.6. The summed E-state index contributed by atoms with van der Waals surface area (Å²) in [6.45, 7) is 0.0702. The molecule has 5 aromatic carbocycles. The number of hydrogen-bond donors (Lipinski definition) is 4. The lowest BCUT2D eigenvalue weighted by Crippen LogP contribution is -2.43. The summed E-state index contributed by atoms with van der Waals surface area (Å²) in [4.78, 5) is 140. The number of nitrogens with zero attached hydrogens (tertiary/aromatic N) is 6. The van der Waals surface area contributed by atoms with E-state index in [4.69, 9.17) is 18.9 Å². The highest BCUT2D eigenvalue weighted by Crippen LogP contribution is 2.23. The van der Waals surface area contributed by atoms with Crippen LogP contribution in [-0.4, -0.2) is 140 Å². The Labute approximate surface area is 604 Å². The number of carbonyl (C=O) groups excluding carboxylic acids is 10. The normalized spacial score (nSPS) is 12.1. The molecular formula is C80H88N10O14. The van der Waals surface area contributed by atoms with Gasteiger partial charge >= 0.3 is 23.9 Å². The summed E-state index contributed by atoms with van der Waals surface area (Å²) >= 11 is 0. The van der Waals surface area contributed by atoms with Crippen molar-refractivity contribution >= 4 is 59.3 Å². The van der Waals surface area contributed by atoms with Crippen molar-refractivity contribution in [2.45, 2.75) is 102 Å². The number of rotatable bonds is 42. The molecule has 0 unspecified atom stereocenters. The van der Waals surface area contributed by atoms with Crippen LogP contribution in [0.5, 0.6) is 0 Å². The van der Waals surface area contributed by atoms with Crippen LogP contribution in [0.3, 0.4) is 0 Å². The maximum atomic E-state index is 14.6. The largest absolute Gasteiger partial charge is 0.459 e. The van der Waals surface area contributed by atoms with Crippen LogP contribution in [0.25, 0.3) is 0 Å². The van der Waals surface area contributed by atoms with Gasteiger partial charge in [0.15, 0.2) is 0 Å². The van der Waals surface area contributed by atoms with Gasteiger partial charge in [-0.15, -0.1) is 0 Å². The molecule has 9 aromatic rings. The SMILES string of the molecule is O=C(CC[C@@H](C(=O)OCc1ccccc1)n1cccc1)NCCN(CCNC(=O)CC[C@@H](C(=O)OCc1ccccc1)n1cccc1)C(=O)c1ccc(C(=O)N(CCNC(=O)CC[C@@H](C(=O)OCc2ccccc2)n2cccc2)CCNC(=O)CC[C@@H](C(=O)OCc2ccccc2)n2cccc2)cc1. The number of nitrogens with one attached hydrogen (secondary N) is 4. The highest BCUT2D eigenvalue weighted by atomic mass is 16.5. The van der Waals surface area contributed by atoms with Gasteiger partial charge in [0.25, 0.3) is 11.8 Å². The zero-order valence-electron chi connectivity index (χ0n) is 57.9. The number of aromatic nitrogens is 4. The first-order valence-corrected chi connectivity index (χ1v) is 34.8. The Morgan fingerprint density at radius 3 is 0.683 bits per heavy atom. The second-order valence-corrected chi connectivity index (χ2v) is 24.7. The molecule has 0 aliphatic carbocycles. The van der Waals surface area contributed by atoms with Crippen molar-refractivity contribution in [2.24, 2.45) is 0 Å². The van der Waals surface area contributed by atoms with E-state index in [0.717, 1.165) is 22.3 Å². The van der Waals surface area contributed by atoms with E-state index in [1.165, 1.54) is 34.1 Å². The molecule has 542 valence electrons. The van der Waals surface area contributed by atoms with E-state index < -0.39 is 59.9 Å². The number of ether oxygens (including phenoxy) is 4. The first-order valence-electron chi connectivity index (χ1n) is 34.8. The molecule has 0 spiro atoms. The molecule has 0 radical (unpaired) electrons. The van der Waals surface area contributed by atoms with Gasteiger partial charge in [0.1, 0.15) is 50.6 Å². The monoisotopic (exact) mass is 1410 g/mol. The molecule has 0 saturated carbocycles. The lowest BCUT2D eigenvalue weighted by Gasteiger charge is -2.25. The minimum Gasteiger partial charge on any atom is -0.459 e. The van der Waals surface area contributed by atoms with Gasteiger partial charge < -0.3 is 68.3 Å². The van der Waals surface area contributed by atoms with E-state index in [-0.39, 0.29) is 165 Å². The standard InChI is InChI=1S/C80H88N10O14/c91-71(37-33-67(85-45-13-14-46-85)77(97)101-57-61-21-5-1-6-22-61)81-41-53-89(54-42-82-72(92)38-34-68(86-47-15-16-48-86)78(98)102-58-62-23-7-2-8-24-62)75(95)65-29-31-66(32-30-65)76(96)90(55-43-83-73(93)39-35-69(87-49-17-18-50-87)79(99)103-59-63-25-9-3-10-26-63)56-44-84-74(94)40-36-70(88-51-19-20-52-88)80(100)104-60-64-27-11-4-12-28-64/h1-32,45-52,67-70H,33-44,53-60H2,(H,81,91)(H,82,92)(H,83,93)(H,84,94)/t67-,68-,69-,70-/m0/s1. The first kappa shape index (κ1) is 76.1. The zero-order valence-corrected chi connectivity index (χ0v) is 57.9. The van der Waals surface area contributed by atoms with Gasteiger partial charge in [0, 0.05) is 139 Å². The third kappa shape index (κ3) is 24.6. The molecule has 0 saturated heterocycles.